The Morgan fingerprint density at radius 1 is 1.15 bits per heavy atom. The Morgan fingerprint density at radius 2 is 2.03 bits per heavy atom. The summed E-state index contributed by atoms with van der Waals surface area (Å²) in [5.74, 6) is 1.71. The second kappa shape index (κ2) is 10.7. The van der Waals surface area contributed by atoms with Gasteiger partial charge in [-0.2, -0.15) is 0 Å². The Bertz CT molecular complexity index is 1490. The van der Waals surface area contributed by atoms with Gasteiger partial charge in [0, 0.05) is 24.9 Å². The lowest BCUT2D eigenvalue weighted by atomic mass is 9.87. The zero-order valence-electron chi connectivity index (χ0n) is 22.1. The van der Waals surface area contributed by atoms with E-state index in [9.17, 15) is 9.59 Å². The Morgan fingerprint density at radius 3 is 2.79 bits per heavy atom. The molecule has 0 spiro atoms. The number of fused-ring (bicyclic) bond motifs is 1. The molecule has 2 aromatic carbocycles. The Balaban J connectivity index is 1.19. The number of aryl methyl sites for hydroxylation is 1. The lowest BCUT2D eigenvalue weighted by Crippen LogP contribution is -2.41. The van der Waals surface area contributed by atoms with Gasteiger partial charge < -0.3 is 19.0 Å². The van der Waals surface area contributed by atoms with Gasteiger partial charge in [0.25, 0.3) is 5.91 Å². The molecule has 2 aromatic heterocycles. The fraction of sp³-hybridized carbons (Fsp3) is 0.323. The van der Waals surface area contributed by atoms with Crippen molar-refractivity contribution in [3.63, 3.8) is 0 Å². The maximum atomic E-state index is 13.3. The van der Waals surface area contributed by atoms with Crippen LogP contribution in [0.5, 0.6) is 5.75 Å². The van der Waals surface area contributed by atoms with Crippen molar-refractivity contribution in [2.24, 2.45) is 5.92 Å². The lowest BCUT2D eigenvalue weighted by Gasteiger charge is -2.38. The molecule has 0 radical (unpaired) electrons. The van der Waals surface area contributed by atoms with Crippen LogP contribution in [0, 0.1) is 12.8 Å². The normalized spacial score (nSPS) is 16.6. The van der Waals surface area contributed by atoms with Crippen LogP contribution in [0.1, 0.15) is 62.4 Å². The van der Waals surface area contributed by atoms with E-state index in [0.29, 0.717) is 12.2 Å². The van der Waals surface area contributed by atoms with E-state index in [0.717, 1.165) is 53.5 Å². The van der Waals surface area contributed by atoms with Gasteiger partial charge in [-0.1, -0.05) is 35.9 Å². The lowest BCUT2D eigenvalue weighted by molar-refractivity contribution is -0.134. The van der Waals surface area contributed by atoms with Crippen molar-refractivity contribution in [2.45, 2.75) is 45.4 Å². The first-order chi connectivity index (χ1) is 19.0. The molecule has 39 heavy (non-hydrogen) atoms. The van der Waals surface area contributed by atoms with E-state index in [1.165, 1.54) is 22.5 Å². The highest BCUT2D eigenvalue weighted by Gasteiger charge is 2.39. The number of ether oxygens (including phenoxy) is 1. The van der Waals surface area contributed by atoms with Gasteiger partial charge in [0.1, 0.15) is 28.8 Å². The molecular formula is C31H31N3O4S. The maximum absolute atomic E-state index is 13.3. The Kier molecular flexibility index (Phi) is 6.95. The van der Waals surface area contributed by atoms with E-state index in [1.54, 1.807) is 29.7 Å². The maximum Gasteiger partial charge on any atom is 0.273 e. The highest BCUT2D eigenvalue weighted by molar-refractivity contribution is 7.09. The zero-order chi connectivity index (χ0) is 26.9. The van der Waals surface area contributed by atoms with Gasteiger partial charge in [0.2, 0.25) is 5.91 Å². The van der Waals surface area contributed by atoms with Crippen LogP contribution in [0.15, 0.2) is 70.7 Å². The third kappa shape index (κ3) is 5.47. The second-order valence-corrected chi connectivity index (χ2v) is 11.3. The van der Waals surface area contributed by atoms with Crippen LogP contribution in [-0.4, -0.2) is 40.2 Å². The number of carbonyl (C=O) groups is 2. The quantitative estimate of drug-likeness (QED) is 0.283. The van der Waals surface area contributed by atoms with E-state index in [1.807, 2.05) is 12.1 Å². The third-order valence-electron chi connectivity index (χ3n) is 7.37. The first-order valence-corrected chi connectivity index (χ1v) is 14.2. The molecule has 4 aromatic rings. The van der Waals surface area contributed by atoms with Gasteiger partial charge in [-0.15, -0.1) is 11.3 Å². The molecule has 1 fully saturated rings. The molecular weight excluding hydrogens is 510 g/mol. The molecule has 1 atom stereocenters. The summed E-state index contributed by atoms with van der Waals surface area (Å²) >= 11 is 1.40. The molecule has 2 aliphatic rings. The average Bonchev–Trinajstić information content (AvgIpc) is 3.46. The van der Waals surface area contributed by atoms with Gasteiger partial charge >= 0.3 is 0 Å². The molecule has 0 N–H and O–H groups in total. The topological polar surface area (TPSA) is 75.9 Å². The minimum atomic E-state index is -0.163. The van der Waals surface area contributed by atoms with E-state index >= 15 is 0 Å². The summed E-state index contributed by atoms with van der Waals surface area (Å²) < 4.78 is 11.5. The van der Waals surface area contributed by atoms with Crippen LogP contribution < -0.4 is 4.74 Å². The van der Waals surface area contributed by atoms with Crippen LogP contribution in [0.3, 0.4) is 0 Å². The van der Waals surface area contributed by atoms with Crippen molar-refractivity contribution in [2.75, 3.05) is 13.6 Å². The molecule has 0 unspecified atom stereocenters. The SMILES string of the molecule is Cc1cccc([C@@H]2c3cc(OCc4nc(C(=O)N(C)Cc5ccco5)cs4)ccc3CCN2C(=O)C2CC2)c1. The van der Waals surface area contributed by atoms with E-state index < -0.39 is 0 Å². The number of nitrogens with zero attached hydrogens (tertiary/aromatic N) is 3. The van der Waals surface area contributed by atoms with Gasteiger partial charge in [-0.3, -0.25) is 9.59 Å². The van der Waals surface area contributed by atoms with Crippen LogP contribution >= 0.6 is 11.3 Å². The van der Waals surface area contributed by atoms with Gasteiger partial charge in [0.15, 0.2) is 0 Å². The number of benzene rings is 2. The number of furan rings is 1. The molecule has 1 aliphatic carbocycles. The second-order valence-electron chi connectivity index (χ2n) is 10.4. The van der Waals surface area contributed by atoms with Crippen LogP contribution in [-0.2, 0) is 24.4 Å². The summed E-state index contributed by atoms with van der Waals surface area (Å²) in [6.45, 7) is 3.46. The van der Waals surface area contributed by atoms with Crippen LogP contribution in [0.25, 0.3) is 0 Å². The first-order valence-electron chi connectivity index (χ1n) is 13.3. The number of carbonyl (C=O) groups excluding carboxylic acids is 2. The summed E-state index contributed by atoms with van der Waals surface area (Å²) in [6.07, 6.45) is 4.41. The summed E-state index contributed by atoms with van der Waals surface area (Å²) in [4.78, 5) is 34.3. The van der Waals surface area contributed by atoms with Crippen molar-refractivity contribution < 1.29 is 18.7 Å². The van der Waals surface area contributed by atoms with Crippen LogP contribution in [0.4, 0.5) is 0 Å². The molecule has 6 rings (SSSR count). The number of amides is 2. The third-order valence-corrected chi connectivity index (χ3v) is 8.19. The standard InChI is InChI=1S/C31H31N3O4S/c1-20-5-3-6-23(15-20)29-26-16-24(11-10-21(26)12-13-34(29)30(35)22-8-9-22)38-18-28-32-27(19-39-28)31(36)33(2)17-25-7-4-14-37-25/h3-7,10-11,14-16,19,22,29H,8-9,12-13,17-18H2,1-2H3/t29-/m1/s1. The summed E-state index contributed by atoms with van der Waals surface area (Å²) in [5.41, 5.74) is 5.06. The van der Waals surface area contributed by atoms with Gasteiger partial charge in [-0.25, -0.2) is 4.98 Å². The van der Waals surface area contributed by atoms with Crippen LogP contribution in [0.2, 0.25) is 0 Å². The number of thiazole rings is 1. The average molecular weight is 542 g/mol. The number of hydrogen-bond acceptors (Lipinski definition) is 6. The van der Waals surface area contributed by atoms with E-state index in [-0.39, 0.29) is 30.4 Å². The zero-order valence-corrected chi connectivity index (χ0v) is 22.9. The van der Waals surface area contributed by atoms with Gasteiger partial charge in [-0.05, 0) is 67.1 Å². The highest BCUT2D eigenvalue weighted by atomic mass is 32.1. The van der Waals surface area contributed by atoms with E-state index in [2.05, 4.69) is 53.2 Å². The molecule has 8 heteroatoms. The van der Waals surface area contributed by atoms with E-state index in [4.69, 9.17) is 9.15 Å². The Labute approximate surface area is 232 Å². The molecule has 3 heterocycles. The highest BCUT2D eigenvalue weighted by Crippen LogP contribution is 2.41. The van der Waals surface area contributed by atoms with Crippen molar-refractivity contribution >= 4 is 23.2 Å². The minimum Gasteiger partial charge on any atom is -0.486 e. The Hall–Kier alpha value is -3.91. The molecule has 0 bridgehead atoms. The van der Waals surface area contributed by atoms with Crippen molar-refractivity contribution in [3.8, 4) is 5.75 Å². The predicted octanol–water partition coefficient (Wildman–Crippen LogP) is 5.78. The number of hydrogen-bond donors (Lipinski definition) is 0. The molecule has 7 nitrogen and oxygen atoms in total. The largest absolute Gasteiger partial charge is 0.486 e. The van der Waals surface area contributed by atoms with Crippen molar-refractivity contribution in [3.05, 3.63) is 105 Å². The van der Waals surface area contributed by atoms with Crippen molar-refractivity contribution in [1.82, 2.24) is 14.8 Å². The molecule has 1 aliphatic heterocycles. The number of aromatic nitrogens is 1. The fourth-order valence-electron chi connectivity index (χ4n) is 5.21. The fourth-order valence-corrected chi connectivity index (χ4v) is 5.89. The number of rotatable bonds is 8. The van der Waals surface area contributed by atoms with Crippen molar-refractivity contribution in [1.29, 1.82) is 0 Å². The summed E-state index contributed by atoms with van der Waals surface area (Å²) in [6, 6.07) is 18.1. The molecule has 1 saturated carbocycles. The molecule has 0 saturated heterocycles. The smallest absolute Gasteiger partial charge is 0.273 e. The predicted molar refractivity (Wildman–Crippen MR) is 149 cm³/mol. The minimum absolute atomic E-state index is 0.126. The molecule has 2 amide bonds. The monoisotopic (exact) mass is 541 g/mol. The molecule has 200 valence electrons. The first kappa shape index (κ1) is 25.4. The van der Waals surface area contributed by atoms with Gasteiger partial charge in [0.05, 0.1) is 18.8 Å². The summed E-state index contributed by atoms with van der Waals surface area (Å²) in [7, 11) is 1.73. The summed E-state index contributed by atoms with van der Waals surface area (Å²) in [5, 5.41) is 2.49.